The van der Waals surface area contributed by atoms with Crippen molar-refractivity contribution in [1.82, 2.24) is 14.9 Å². The van der Waals surface area contributed by atoms with Gasteiger partial charge in [0.25, 0.3) is 5.56 Å². The third kappa shape index (κ3) is 3.71. The number of hydrogen-bond donors (Lipinski definition) is 1. The summed E-state index contributed by atoms with van der Waals surface area (Å²) in [6, 6.07) is 5.83. The maximum absolute atomic E-state index is 13.0. The predicted octanol–water partition coefficient (Wildman–Crippen LogP) is 3.74. The minimum Gasteiger partial charge on any atom is -0.350 e. The van der Waals surface area contributed by atoms with Crippen LogP contribution < -0.4 is 10.9 Å². The zero-order valence-electron chi connectivity index (χ0n) is 15.7. The molecule has 1 N–H and O–H groups in total. The lowest BCUT2D eigenvalue weighted by atomic mass is 9.97. The van der Waals surface area contributed by atoms with Crippen LogP contribution in [0, 0.1) is 5.82 Å². The number of nitrogens with zero attached hydrogens (tertiary/aromatic N) is 2. The second kappa shape index (κ2) is 7.83. The first-order chi connectivity index (χ1) is 13.5. The zero-order valence-corrected chi connectivity index (χ0v) is 16.5. The molecule has 0 bridgehead atoms. The van der Waals surface area contributed by atoms with Crippen molar-refractivity contribution < 1.29 is 9.18 Å². The zero-order chi connectivity index (χ0) is 19.7. The van der Waals surface area contributed by atoms with Gasteiger partial charge in [0.05, 0.1) is 17.8 Å². The molecule has 1 aliphatic rings. The Labute approximate surface area is 166 Å². The van der Waals surface area contributed by atoms with Gasteiger partial charge in [-0.3, -0.25) is 14.2 Å². The summed E-state index contributed by atoms with van der Waals surface area (Å²) in [5.74, 6) is -0.462. The van der Waals surface area contributed by atoms with Gasteiger partial charge in [-0.15, -0.1) is 11.3 Å². The number of nitrogens with one attached hydrogen (secondary N) is 1. The van der Waals surface area contributed by atoms with Crippen LogP contribution in [-0.2, 0) is 24.2 Å². The van der Waals surface area contributed by atoms with E-state index < -0.39 is 0 Å². The molecule has 3 aromatic rings. The smallest absolute Gasteiger partial charge is 0.262 e. The van der Waals surface area contributed by atoms with Crippen LogP contribution >= 0.6 is 11.3 Å². The van der Waals surface area contributed by atoms with E-state index in [0.717, 1.165) is 40.6 Å². The highest BCUT2D eigenvalue weighted by molar-refractivity contribution is 7.18. The fraction of sp³-hybridized carbons (Fsp3) is 0.381. The van der Waals surface area contributed by atoms with Crippen LogP contribution in [0.1, 0.15) is 48.2 Å². The molecule has 5 nitrogen and oxygen atoms in total. The first-order valence-corrected chi connectivity index (χ1v) is 10.4. The number of fused-ring (bicyclic) bond motifs is 3. The van der Waals surface area contributed by atoms with E-state index in [1.54, 1.807) is 29.8 Å². The van der Waals surface area contributed by atoms with Crippen molar-refractivity contribution in [2.24, 2.45) is 0 Å². The Hall–Kier alpha value is -2.54. The summed E-state index contributed by atoms with van der Waals surface area (Å²) in [7, 11) is 0. The van der Waals surface area contributed by atoms with Crippen LogP contribution in [0.15, 0.2) is 35.4 Å². The summed E-state index contributed by atoms with van der Waals surface area (Å²) < 4.78 is 14.6. The Balaban J connectivity index is 1.45. The number of aryl methyl sites for hydroxylation is 3. The van der Waals surface area contributed by atoms with Crippen LogP contribution in [0.5, 0.6) is 0 Å². The molecule has 2 aromatic heterocycles. The lowest BCUT2D eigenvalue weighted by molar-refractivity contribution is -0.121. The molecule has 1 unspecified atom stereocenters. The highest BCUT2D eigenvalue weighted by atomic mass is 32.1. The van der Waals surface area contributed by atoms with Crippen LogP contribution in [0.25, 0.3) is 10.2 Å². The van der Waals surface area contributed by atoms with Crippen molar-refractivity contribution >= 4 is 27.5 Å². The van der Waals surface area contributed by atoms with Crippen molar-refractivity contribution in [3.05, 3.63) is 62.8 Å². The van der Waals surface area contributed by atoms with E-state index >= 15 is 0 Å². The van der Waals surface area contributed by atoms with Crippen molar-refractivity contribution in [3.63, 3.8) is 0 Å². The molecule has 0 saturated heterocycles. The van der Waals surface area contributed by atoms with Crippen molar-refractivity contribution in [2.75, 3.05) is 0 Å². The lowest BCUT2D eigenvalue weighted by Gasteiger charge is -2.15. The number of hydrogen-bond acceptors (Lipinski definition) is 4. The minimum absolute atomic E-state index is 0.0521. The van der Waals surface area contributed by atoms with Gasteiger partial charge in [0, 0.05) is 17.8 Å². The van der Waals surface area contributed by atoms with Gasteiger partial charge in [-0.1, -0.05) is 12.1 Å². The standard InChI is InChI=1S/C21H22FN3O2S/c1-13(14-6-8-15(22)9-7-14)24-18(26)10-11-25-12-23-20-19(21(25)27)16-4-2-3-5-17(16)28-20/h6-9,12-13H,2-5,10-11H2,1H3,(H,24,26). The summed E-state index contributed by atoms with van der Waals surface area (Å²) >= 11 is 1.62. The fourth-order valence-electron chi connectivity index (χ4n) is 3.71. The Morgan fingerprint density at radius 1 is 1.29 bits per heavy atom. The van der Waals surface area contributed by atoms with Crippen molar-refractivity contribution in [3.8, 4) is 0 Å². The number of aromatic nitrogens is 2. The van der Waals surface area contributed by atoms with Crippen molar-refractivity contribution in [2.45, 2.75) is 51.6 Å². The quantitative estimate of drug-likeness (QED) is 0.711. The molecule has 0 radical (unpaired) electrons. The normalized spacial score (nSPS) is 14.6. The van der Waals surface area contributed by atoms with Crippen LogP contribution in [0.2, 0.25) is 0 Å². The molecule has 7 heteroatoms. The van der Waals surface area contributed by atoms with Crippen LogP contribution in [-0.4, -0.2) is 15.5 Å². The van der Waals surface area contributed by atoms with Gasteiger partial charge >= 0.3 is 0 Å². The van der Waals surface area contributed by atoms with Gasteiger partial charge in [-0.25, -0.2) is 9.37 Å². The van der Waals surface area contributed by atoms with E-state index in [-0.39, 0.29) is 36.3 Å². The average molecular weight is 399 g/mol. The molecule has 0 aliphatic heterocycles. The summed E-state index contributed by atoms with van der Waals surface area (Å²) in [5, 5.41) is 3.63. The lowest BCUT2D eigenvalue weighted by Crippen LogP contribution is -2.29. The second-order valence-electron chi connectivity index (χ2n) is 7.22. The molecule has 146 valence electrons. The molecule has 1 aliphatic carbocycles. The van der Waals surface area contributed by atoms with Gasteiger partial charge in [-0.05, 0) is 55.9 Å². The predicted molar refractivity (Wildman–Crippen MR) is 108 cm³/mol. The molecule has 2 heterocycles. The molecule has 0 spiro atoms. The molecule has 0 fully saturated rings. The number of benzene rings is 1. The number of amides is 1. The number of carbonyl (C=O) groups is 1. The topological polar surface area (TPSA) is 64.0 Å². The molecule has 0 saturated carbocycles. The van der Waals surface area contributed by atoms with Gasteiger partial charge < -0.3 is 5.32 Å². The molecule has 1 atom stereocenters. The first-order valence-electron chi connectivity index (χ1n) is 9.57. The highest BCUT2D eigenvalue weighted by Crippen LogP contribution is 2.33. The summed E-state index contributed by atoms with van der Waals surface area (Å²) in [5.41, 5.74) is 1.94. The maximum Gasteiger partial charge on any atom is 0.262 e. The highest BCUT2D eigenvalue weighted by Gasteiger charge is 2.20. The van der Waals surface area contributed by atoms with E-state index in [1.807, 2.05) is 6.92 Å². The second-order valence-corrected chi connectivity index (χ2v) is 8.31. The van der Waals surface area contributed by atoms with Crippen LogP contribution in [0.4, 0.5) is 4.39 Å². The Kier molecular flexibility index (Phi) is 5.26. The molecule has 28 heavy (non-hydrogen) atoms. The Morgan fingerprint density at radius 2 is 2.04 bits per heavy atom. The third-order valence-corrected chi connectivity index (χ3v) is 6.47. The SMILES string of the molecule is CC(NC(=O)CCn1cnc2sc3c(c2c1=O)CCCC3)c1ccc(F)cc1. The van der Waals surface area contributed by atoms with Gasteiger partial charge in [0.1, 0.15) is 10.6 Å². The molecule has 1 aromatic carbocycles. The van der Waals surface area contributed by atoms with E-state index in [2.05, 4.69) is 10.3 Å². The molecule has 4 rings (SSSR count). The maximum atomic E-state index is 13.0. The fourth-order valence-corrected chi connectivity index (χ4v) is 4.93. The Morgan fingerprint density at radius 3 is 2.82 bits per heavy atom. The number of rotatable bonds is 5. The van der Waals surface area contributed by atoms with E-state index in [1.165, 1.54) is 28.0 Å². The van der Waals surface area contributed by atoms with Gasteiger partial charge in [0.15, 0.2) is 0 Å². The van der Waals surface area contributed by atoms with Gasteiger partial charge in [0.2, 0.25) is 5.91 Å². The van der Waals surface area contributed by atoms with E-state index in [0.29, 0.717) is 0 Å². The minimum atomic E-state index is -0.305. The molecule has 1 amide bonds. The summed E-state index contributed by atoms with van der Waals surface area (Å²) in [6.45, 7) is 2.14. The van der Waals surface area contributed by atoms with Gasteiger partial charge in [-0.2, -0.15) is 0 Å². The Bertz CT molecular complexity index is 1070. The molecular formula is C21H22FN3O2S. The first kappa shape index (κ1) is 18.8. The van der Waals surface area contributed by atoms with Crippen molar-refractivity contribution in [1.29, 1.82) is 0 Å². The van der Waals surface area contributed by atoms with E-state index in [4.69, 9.17) is 0 Å². The van der Waals surface area contributed by atoms with E-state index in [9.17, 15) is 14.0 Å². The monoisotopic (exact) mass is 399 g/mol. The summed E-state index contributed by atoms with van der Waals surface area (Å²) in [6.07, 6.45) is 5.97. The third-order valence-electron chi connectivity index (χ3n) is 5.27. The largest absolute Gasteiger partial charge is 0.350 e. The van der Waals surface area contributed by atoms with Crippen LogP contribution in [0.3, 0.4) is 0 Å². The number of thiophene rings is 1. The average Bonchev–Trinajstić information content (AvgIpc) is 3.07. The number of halogens is 1. The summed E-state index contributed by atoms with van der Waals surface area (Å²) in [4.78, 5) is 31.8. The molecular weight excluding hydrogens is 377 g/mol. The number of carbonyl (C=O) groups excluding carboxylic acids is 1.